The Morgan fingerprint density at radius 3 is 2.83 bits per heavy atom. The van der Waals surface area contributed by atoms with Crippen LogP contribution < -0.4 is 10.5 Å². The van der Waals surface area contributed by atoms with Gasteiger partial charge in [0.2, 0.25) is 0 Å². The van der Waals surface area contributed by atoms with Crippen LogP contribution in [0.2, 0.25) is 0 Å². The Morgan fingerprint density at radius 1 is 1.28 bits per heavy atom. The zero-order valence-corrected chi connectivity index (χ0v) is 10.6. The lowest BCUT2D eigenvalue weighted by atomic mass is 10.3. The molecule has 0 saturated heterocycles. The average molecular weight is 253 g/mol. The van der Waals surface area contributed by atoms with Gasteiger partial charge >= 0.3 is 5.97 Å². The number of nitrogens with two attached hydrogens (primary N) is 1. The van der Waals surface area contributed by atoms with Gasteiger partial charge in [0.05, 0.1) is 19.6 Å². The van der Waals surface area contributed by atoms with E-state index in [1.54, 1.807) is 31.4 Å². The number of hydrogen-bond donors (Lipinski definition) is 1. The van der Waals surface area contributed by atoms with E-state index >= 15 is 0 Å². The van der Waals surface area contributed by atoms with Crippen LogP contribution in [0.15, 0.2) is 24.3 Å². The van der Waals surface area contributed by atoms with E-state index in [2.05, 4.69) is 0 Å². The number of carbonyl (C=O) groups excluding carboxylic acids is 1. The second kappa shape index (κ2) is 8.36. The highest BCUT2D eigenvalue weighted by Crippen LogP contribution is 2.14. The fraction of sp³-hybridized carbons (Fsp3) is 0.462. The molecule has 0 radical (unpaired) electrons. The number of esters is 1. The molecule has 0 spiro atoms. The third-order valence-corrected chi connectivity index (χ3v) is 2.19. The van der Waals surface area contributed by atoms with Crippen LogP contribution in [-0.2, 0) is 14.3 Å². The van der Waals surface area contributed by atoms with Crippen LogP contribution in [0.4, 0.5) is 5.69 Å². The topological polar surface area (TPSA) is 70.8 Å². The molecular formula is C13H19NO4. The molecule has 5 heteroatoms. The standard InChI is InChI=1S/C13H19NO4/c1-16-7-3-8-18-13(15)6-9-17-12-5-2-4-11(14)10-12/h2,4-5,10H,3,6-9,14H2,1H3. The van der Waals surface area contributed by atoms with Gasteiger partial charge in [-0.2, -0.15) is 0 Å². The second-order valence-corrected chi connectivity index (χ2v) is 3.74. The van der Waals surface area contributed by atoms with E-state index in [9.17, 15) is 4.79 Å². The third kappa shape index (κ3) is 6.10. The highest BCUT2D eigenvalue weighted by atomic mass is 16.5. The first kappa shape index (κ1) is 14.3. The van der Waals surface area contributed by atoms with Crippen molar-refractivity contribution in [3.05, 3.63) is 24.3 Å². The molecule has 18 heavy (non-hydrogen) atoms. The van der Waals surface area contributed by atoms with Crippen molar-refractivity contribution >= 4 is 11.7 Å². The van der Waals surface area contributed by atoms with Gasteiger partial charge in [-0.15, -0.1) is 0 Å². The lowest BCUT2D eigenvalue weighted by molar-refractivity contribution is -0.144. The molecule has 2 N–H and O–H groups in total. The summed E-state index contributed by atoms with van der Waals surface area (Å²) in [5.41, 5.74) is 6.23. The molecule has 0 bridgehead atoms. The van der Waals surface area contributed by atoms with Crippen LogP contribution in [0.25, 0.3) is 0 Å². The van der Waals surface area contributed by atoms with Gasteiger partial charge in [-0.1, -0.05) is 6.07 Å². The molecular weight excluding hydrogens is 234 g/mol. The Balaban J connectivity index is 2.12. The summed E-state index contributed by atoms with van der Waals surface area (Å²) in [7, 11) is 1.61. The predicted molar refractivity (Wildman–Crippen MR) is 68.4 cm³/mol. The number of methoxy groups -OCH3 is 1. The minimum absolute atomic E-state index is 0.224. The molecule has 0 amide bonds. The summed E-state index contributed by atoms with van der Waals surface area (Å²) in [5.74, 6) is 0.386. The fourth-order valence-electron chi connectivity index (χ4n) is 1.32. The van der Waals surface area contributed by atoms with Gasteiger partial charge in [0.1, 0.15) is 5.75 Å². The number of rotatable bonds is 8. The lowest BCUT2D eigenvalue weighted by Crippen LogP contribution is -2.11. The first-order valence-electron chi connectivity index (χ1n) is 5.85. The molecule has 100 valence electrons. The number of ether oxygens (including phenoxy) is 3. The summed E-state index contributed by atoms with van der Waals surface area (Å²) in [6.45, 7) is 1.25. The van der Waals surface area contributed by atoms with Crippen molar-refractivity contribution in [2.24, 2.45) is 0 Å². The largest absolute Gasteiger partial charge is 0.493 e. The van der Waals surface area contributed by atoms with Crippen molar-refractivity contribution in [2.45, 2.75) is 12.8 Å². The van der Waals surface area contributed by atoms with Crippen LogP contribution in [-0.4, -0.2) is 32.9 Å². The first-order valence-corrected chi connectivity index (χ1v) is 5.85. The number of nitrogen functional groups attached to an aromatic ring is 1. The summed E-state index contributed by atoms with van der Waals surface area (Å²) in [6, 6.07) is 7.08. The highest BCUT2D eigenvalue weighted by Gasteiger charge is 2.03. The summed E-state index contributed by atoms with van der Waals surface area (Å²) >= 11 is 0. The Hall–Kier alpha value is -1.75. The molecule has 0 fully saturated rings. The van der Waals surface area contributed by atoms with Crippen molar-refractivity contribution in [1.82, 2.24) is 0 Å². The van der Waals surface area contributed by atoms with Gasteiger partial charge < -0.3 is 19.9 Å². The van der Waals surface area contributed by atoms with Crippen LogP contribution >= 0.6 is 0 Å². The normalized spacial score (nSPS) is 10.1. The first-order chi connectivity index (χ1) is 8.72. The molecule has 1 aromatic carbocycles. The maximum Gasteiger partial charge on any atom is 0.309 e. The molecule has 0 aliphatic carbocycles. The monoisotopic (exact) mass is 253 g/mol. The average Bonchev–Trinajstić information content (AvgIpc) is 2.35. The van der Waals surface area contributed by atoms with Crippen molar-refractivity contribution < 1.29 is 19.0 Å². The zero-order valence-electron chi connectivity index (χ0n) is 10.6. The van der Waals surface area contributed by atoms with Gasteiger partial charge in [-0.3, -0.25) is 4.79 Å². The van der Waals surface area contributed by atoms with E-state index in [1.807, 2.05) is 0 Å². The Bertz CT molecular complexity index is 368. The van der Waals surface area contributed by atoms with E-state index in [-0.39, 0.29) is 19.0 Å². The van der Waals surface area contributed by atoms with Gasteiger partial charge in [0.15, 0.2) is 0 Å². The Labute approximate surface area is 107 Å². The van der Waals surface area contributed by atoms with Crippen molar-refractivity contribution in [3.63, 3.8) is 0 Å². The SMILES string of the molecule is COCCCOC(=O)CCOc1cccc(N)c1. The second-order valence-electron chi connectivity index (χ2n) is 3.74. The molecule has 1 rings (SSSR count). The van der Waals surface area contributed by atoms with Crippen LogP contribution in [0, 0.1) is 0 Å². The van der Waals surface area contributed by atoms with Crippen LogP contribution in [0.1, 0.15) is 12.8 Å². The molecule has 0 aromatic heterocycles. The van der Waals surface area contributed by atoms with E-state index in [1.165, 1.54) is 0 Å². The summed E-state index contributed by atoms with van der Waals surface area (Å²) in [5, 5.41) is 0. The number of hydrogen-bond acceptors (Lipinski definition) is 5. The van der Waals surface area contributed by atoms with Gasteiger partial charge in [0, 0.05) is 31.9 Å². The minimum atomic E-state index is -0.269. The Morgan fingerprint density at radius 2 is 2.11 bits per heavy atom. The van der Waals surface area contributed by atoms with Gasteiger partial charge in [-0.05, 0) is 12.1 Å². The maximum absolute atomic E-state index is 11.3. The summed E-state index contributed by atoms with van der Waals surface area (Å²) in [4.78, 5) is 11.3. The Kier molecular flexibility index (Phi) is 6.64. The molecule has 1 aromatic rings. The van der Waals surface area contributed by atoms with E-state index < -0.39 is 0 Å². The third-order valence-electron chi connectivity index (χ3n) is 2.19. The highest BCUT2D eigenvalue weighted by molar-refractivity contribution is 5.69. The molecule has 0 aliphatic heterocycles. The molecule has 0 unspecified atom stereocenters. The van der Waals surface area contributed by atoms with E-state index in [0.29, 0.717) is 31.1 Å². The van der Waals surface area contributed by atoms with Gasteiger partial charge in [0.25, 0.3) is 0 Å². The van der Waals surface area contributed by atoms with Gasteiger partial charge in [-0.25, -0.2) is 0 Å². The number of carbonyl (C=O) groups is 1. The molecule has 0 saturated carbocycles. The quantitative estimate of drug-likeness (QED) is 0.433. The number of benzene rings is 1. The molecule has 0 atom stereocenters. The molecule has 5 nitrogen and oxygen atoms in total. The molecule has 0 heterocycles. The fourth-order valence-corrected chi connectivity index (χ4v) is 1.32. The summed E-state index contributed by atoms with van der Waals surface area (Å²) in [6.07, 6.45) is 0.931. The van der Waals surface area contributed by atoms with Crippen molar-refractivity contribution in [1.29, 1.82) is 0 Å². The van der Waals surface area contributed by atoms with Crippen molar-refractivity contribution in [2.75, 3.05) is 32.7 Å². The predicted octanol–water partition coefficient (Wildman–Crippen LogP) is 1.62. The van der Waals surface area contributed by atoms with E-state index in [4.69, 9.17) is 19.9 Å². The molecule has 0 aliphatic rings. The zero-order chi connectivity index (χ0) is 13.2. The lowest BCUT2D eigenvalue weighted by Gasteiger charge is -2.07. The van der Waals surface area contributed by atoms with Crippen LogP contribution in [0.3, 0.4) is 0 Å². The summed E-state index contributed by atoms with van der Waals surface area (Å²) < 4.78 is 15.2. The minimum Gasteiger partial charge on any atom is -0.493 e. The van der Waals surface area contributed by atoms with E-state index in [0.717, 1.165) is 0 Å². The smallest absolute Gasteiger partial charge is 0.309 e. The van der Waals surface area contributed by atoms with Crippen LogP contribution in [0.5, 0.6) is 5.75 Å². The number of anilines is 1. The van der Waals surface area contributed by atoms with Crippen molar-refractivity contribution in [3.8, 4) is 5.75 Å². The maximum atomic E-state index is 11.3.